The molecule has 5 heteroatoms. The molecule has 0 heterocycles. The van der Waals surface area contributed by atoms with E-state index < -0.39 is 9.84 Å². The first-order chi connectivity index (χ1) is 8.35. The Morgan fingerprint density at radius 1 is 1.39 bits per heavy atom. The standard InChI is InChI=1S/C13H20BrNO2S/c1-3-18(16,17)8-4-5-13(15)12-9-11(14)7-6-10(12)2/h6-7,9,13H,3-5,8,15H2,1-2H3. The molecule has 1 atom stereocenters. The van der Waals surface area contributed by atoms with Crippen molar-refractivity contribution >= 4 is 25.8 Å². The van der Waals surface area contributed by atoms with Crippen LogP contribution < -0.4 is 5.73 Å². The summed E-state index contributed by atoms with van der Waals surface area (Å²) in [7, 11) is -2.88. The summed E-state index contributed by atoms with van der Waals surface area (Å²) in [5.74, 6) is 0.433. The summed E-state index contributed by atoms with van der Waals surface area (Å²) in [6.45, 7) is 3.69. The molecular weight excluding hydrogens is 314 g/mol. The van der Waals surface area contributed by atoms with Crippen LogP contribution in [0.4, 0.5) is 0 Å². The number of hydrogen-bond acceptors (Lipinski definition) is 3. The minimum atomic E-state index is -2.88. The van der Waals surface area contributed by atoms with Crippen LogP contribution in [-0.2, 0) is 9.84 Å². The van der Waals surface area contributed by atoms with Crippen molar-refractivity contribution in [3.63, 3.8) is 0 Å². The lowest BCUT2D eigenvalue weighted by Crippen LogP contribution is -2.15. The van der Waals surface area contributed by atoms with E-state index in [1.807, 2.05) is 25.1 Å². The van der Waals surface area contributed by atoms with Gasteiger partial charge in [0.1, 0.15) is 9.84 Å². The maximum Gasteiger partial charge on any atom is 0.150 e. The van der Waals surface area contributed by atoms with E-state index in [0.717, 1.165) is 15.6 Å². The molecule has 0 bridgehead atoms. The van der Waals surface area contributed by atoms with Crippen molar-refractivity contribution in [2.75, 3.05) is 11.5 Å². The van der Waals surface area contributed by atoms with Crippen LogP contribution in [0.2, 0.25) is 0 Å². The lowest BCUT2D eigenvalue weighted by atomic mass is 9.99. The lowest BCUT2D eigenvalue weighted by Gasteiger charge is -2.15. The molecule has 1 aromatic carbocycles. The van der Waals surface area contributed by atoms with Crippen molar-refractivity contribution < 1.29 is 8.42 Å². The number of aryl methyl sites for hydroxylation is 1. The highest BCUT2D eigenvalue weighted by molar-refractivity contribution is 9.10. The van der Waals surface area contributed by atoms with Gasteiger partial charge < -0.3 is 5.73 Å². The minimum absolute atomic E-state index is 0.102. The molecule has 18 heavy (non-hydrogen) atoms. The van der Waals surface area contributed by atoms with Gasteiger partial charge in [0, 0.05) is 16.3 Å². The van der Waals surface area contributed by atoms with Crippen molar-refractivity contribution in [1.29, 1.82) is 0 Å². The number of halogens is 1. The van der Waals surface area contributed by atoms with Crippen LogP contribution in [-0.4, -0.2) is 19.9 Å². The topological polar surface area (TPSA) is 60.2 Å². The zero-order valence-corrected chi connectivity index (χ0v) is 13.2. The molecule has 3 nitrogen and oxygen atoms in total. The lowest BCUT2D eigenvalue weighted by molar-refractivity contribution is 0.583. The first-order valence-corrected chi connectivity index (χ1v) is 8.69. The molecule has 1 rings (SSSR count). The second-order valence-corrected chi connectivity index (χ2v) is 7.87. The van der Waals surface area contributed by atoms with Gasteiger partial charge in [-0.1, -0.05) is 28.9 Å². The Balaban J connectivity index is 2.61. The Morgan fingerprint density at radius 3 is 2.67 bits per heavy atom. The Kier molecular flexibility index (Phi) is 5.82. The fourth-order valence-electron chi connectivity index (χ4n) is 1.83. The van der Waals surface area contributed by atoms with Crippen molar-refractivity contribution in [3.8, 4) is 0 Å². The van der Waals surface area contributed by atoms with Crippen LogP contribution in [0.15, 0.2) is 22.7 Å². The molecule has 0 aliphatic rings. The fraction of sp³-hybridized carbons (Fsp3) is 0.538. The summed E-state index contributed by atoms with van der Waals surface area (Å²) >= 11 is 3.42. The highest BCUT2D eigenvalue weighted by Crippen LogP contribution is 2.23. The number of benzene rings is 1. The minimum Gasteiger partial charge on any atom is -0.324 e. The monoisotopic (exact) mass is 333 g/mol. The van der Waals surface area contributed by atoms with Crippen LogP contribution in [0, 0.1) is 6.92 Å². The molecule has 0 aromatic heterocycles. The first kappa shape index (κ1) is 15.7. The largest absolute Gasteiger partial charge is 0.324 e. The normalized spacial score (nSPS) is 13.6. The van der Waals surface area contributed by atoms with E-state index in [9.17, 15) is 8.42 Å². The van der Waals surface area contributed by atoms with Gasteiger partial charge in [-0.15, -0.1) is 0 Å². The average molecular weight is 334 g/mol. The Hall–Kier alpha value is -0.390. The maximum absolute atomic E-state index is 11.4. The Morgan fingerprint density at radius 2 is 2.06 bits per heavy atom. The third kappa shape index (κ3) is 4.71. The van der Waals surface area contributed by atoms with Crippen LogP contribution in [0.1, 0.15) is 36.9 Å². The molecule has 102 valence electrons. The van der Waals surface area contributed by atoms with Crippen LogP contribution in [0.5, 0.6) is 0 Å². The van der Waals surface area contributed by atoms with Crippen molar-refractivity contribution in [2.24, 2.45) is 5.73 Å². The smallest absolute Gasteiger partial charge is 0.150 e. The van der Waals surface area contributed by atoms with Gasteiger partial charge in [-0.3, -0.25) is 0 Å². The van der Waals surface area contributed by atoms with Crippen molar-refractivity contribution in [1.82, 2.24) is 0 Å². The van der Waals surface area contributed by atoms with Gasteiger partial charge in [-0.05, 0) is 43.0 Å². The Labute approximate surface area is 118 Å². The third-order valence-electron chi connectivity index (χ3n) is 3.05. The second-order valence-electron chi connectivity index (χ2n) is 4.49. The molecule has 0 fully saturated rings. The second kappa shape index (κ2) is 6.68. The zero-order valence-electron chi connectivity index (χ0n) is 10.8. The molecule has 0 radical (unpaired) electrons. The molecule has 1 aromatic rings. The molecule has 0 amide bonds. The van der Waals surface area contributed by atoms with E-state index in [4.69, 9.17) is 5.73 Å². The van der Waals surface area contributed by atoms with Crippen LogP contribution in [0.3, 0.4) is 0 Å². The SMILES string of the molecule is CCS(=O)(=O)CCCC(N)c1cc(Br)ccc1C. The van der Waals surface area contributed by atoms with E-state index in [1.165, 1.54) is 0 Å². The summed E-state index contributed by atoms with van der Waals surface area (Å²) in [6, 6.07) is 5.90. The zero-order chi connectivity index (χ0) is 13.8. The summed E-state index contributed by atoms with van der Waals surface area (Å²) in [6.07, 6.45) is 1.31. The first-order valence-electron chi connectivity index (χ1n) is 6.08. The highest BCUT2D eigenvalue weighted by Gasteiger charge is 2.12. The summed E-state index contributed by atoms with van der Waals surface area (Å²) in [5.41, 5.74) is 8.34. The van der Waals surface area contributed by atoms with Gasteiger partial charge in [0.25, 0.3) is 0 Å². The van der Waals surface area contributed by atoms with Gasteiger partial charge in [-0.2, -0.15) is 0 Å². The van der Waals surface area contributed by atoms with Crippen LogP contribution >= 0.6 is 15.9 Å². The highest BCUT2D eigenvalue weighted by atomic mass is 79.9. The molecule has 2 N–H and O–H groups in total. The summed E-state index contributed by atoms with van der Waals surface area (Å²) in [4.78, 5) is 0. The number of nitrogens with two attached hydrogens (primary N) is 1. The predicted molar refractivity (Wildman–Crippen MR) is 79.4 cm³/mol. The van der Waals surface area contributed by atoms with E-state index in [1.54, 1.807) is 6.92 Å². The van der Waals surface area contributed by atoms with E-state index in [2.05, 4.69) is 15.9 Å². The average Bonchev–Trinajstić information content (AvgIpc) is 2.32. The number of rotatable bonds is 6. The van der Waals surface area contributed by atoms with E-state index in [-0.39, 0.29) is 17.5 Å². The van der Waals surface area contributed by atoms with Gasteiger partial charge in [0.2, 0.25) is 0 Å². The number of hydrogen-bond donors (Lipinski definition) is 1. The van der Waals surface area contributed by atoms with Gasteiger partial charge in [0.05, 0.1) is 5.75 Å². The van der Waals surface area contributed by atoms with Gasteiger partial charge in [0.15, 0.2) is 0 Å². The van der Waals surface area contributed by atoms with Crippen molar-refractivity contribution in [2.45, 2.75) is 32.7 Å². The maximum atomic E-state index is 11.4. The molecule has 0 saturated heterocycles. The quantitative estimate of drug-likeness (QED) is 0.870. The Bertz CT molecular complexity index is 500. The summed E-state index contributed by atoms with van der Waals surface area (Å²) in [5, 5.41) is 0. The molecule has 1 unspecified atom stereocenters. The molecule has 0 aliphatic heterocycles. The van der Waals surface area contributed by atoms with Gasteiger partial charge in [-0.25, -0.2) is 8.42 Å². The molecular formula is C13H20BrNO2S. The molecule has 0 aliphatic carbocycles. The van der Waals surface area contributed by atoms with Crippen molar-refractivity contribution in [3.05, 3.63) is 33.8 Å². The third-order valence-corrected chi connectivity index (χ3v) is 5.33. The van der Waals surface area contributed by atoms with E-state index >= 15 is 0 Å². The number of sulfone groups is 1. The van der Waals surface area contributed by atoms with E-state index in [0.29, 0.717) is 12.8 Å². The predicted octanol–water partition coefficient (Wildman–Crippen LogP) is 2.97. The molecule has 0 spiro atoms. The fourth-order valence-corrected chi connectivity index (χ4v) is 3.11. The van der Waals surface area contributed by atoms with Crippen LogP contribution in [0.25, 0.3) is 0 Å². The van der Waals surface area contributed by atoms with Gasteiger partial charge >= 0.3 is 0 Å². The molecule has 0 saturated carbocycles. The summed E-state index contributed by atoms with van der Waals surface area (Å²) < 4.78 is 23.8.